The first-order chi connectivity index (χ1) is 12.6. The van der Waals surface area contributed by atoms with Crippen molar-refractivity contribution in [2.24, 2.45) is 7.05 Å². The van der Waals surface area contributed by atoms with Gasteiger partial charge in [0.1, 0.15) is 0 Å². The summed E-state index contributed by atoms with van der Waals surface area (Å²) < 4.78 is 3.29. The highest BCUT2D eigenvalue weighted by atomic mass is 16.2. The Bertz CT molecular complexity index is 941. The Balaban J connectivity index is 1.54. The molecule has 0 spiro atoms. The summed E-state index contributed by atoms with van der Waals surface area (Å²) >= 11 is 0. The molecule has 136 valence electrons. The van der Waals surface area contributed by atoms with Crippen molar-refractivity contribution in [3.63, 3.8) is 0 Å². The summed E-state index contributed by atoms with van der Waals surface area (Å²) in [5, 5.41) is 3.03. The van der Waals surface area contributed by atoms with Crippen LogP contribution in [0.1, 0.15) is 25.3 Å². The van der Waals surface area contributed by atoms with Crippen LogP contribution in [-0.4, -0.2) is 21.1 Å². The van der Waals surface area contributed by atoms with Gasteiger partial charge < -0.3 is 5.32 Å². The van der Waals surface area contributed by atoms with E-state index in [4.69, 9.17) is 0 Å². The molecule has 3 aromatic rings. The molecule has 2 aromatic carbocycles. The molecule has 0 fully saturated rings. The average Bonchev–Trinajstić information content (AvgIpc) is 2.90. The van der Waals surface area contributed by atoms with Gasteiger partial charge in [0.05, 0.1) is 11.0 Å². The lowest BCUT2D eigenvalue weighted by atomic mass is 10.1. The van der Waals surface area contributed by atoms with Crippen molar-refractivity contribution in [1.29, 1.82) is 0 Å². The molecule has 0 aliphatic heterocycles. The van der Waals surface area contributed by atoms with Gasteiger partial charge in [-0.2, -0.15) is 0 Å². The molecule has 0 saturated carbocycles. The molecule has 0 aliphatic rings. The molecule has 0 bridgehead atoms. The van der Waals surface area contributed by atoms with Crippen molar-refractivity contribution in [2.45, 2.75) is 38.8 Å². The van der Waals surface area contributed by atoms with Crippen LogP contribution in [0.15, 0.2) is 59.4 Å². The van der Waals surface area contributed by atoms with E-state index in [1.165, 1.54) is 5.56 Å². The number of carbonyl (C=O) groups excluding carboxylic acids is 1. The fraction of sp³-hybridized carbons (Fsp3) is 0.333. The van der Waals surface area contributed by atoms with Crippen molar-refractivity contribution >= 4 is 16.9 Å². The van der Waals surface area contributed by atoms with E-state index in [1.54, 1.807) is 16.2 Å². The van der Waals surface area contributed by atoms with Crippen LogP contribution in [0, 0.1) is 0 Å². The Kier molecular flexibility index (Phi) is 5.56. The zero-order valence-corrected chi connectivity index (χ0v) is 15.3. The number of aryl methyl sites for hydroxylation is 3. The summed E-state index contributed by atoms with van der Waals surface area (Å²) in [6.45, 7) is 2.41. The monoisotopic (exact) mass is 351 g/mol. The van der Waals surface area contributed by atoms with Gasteiger partial charge in [-0.1, -0.05) is 42.5 Å². The Morgan fingerprint density at radius 3 is 2.42 bits per heavy atom. The Hall–Kier alpha value is -2.82. The molecule has 1 heterocycles. The molecule has 0 aliphatic carbocycles. The van der Waals surface area contributed by atoms with Crippen molar-refractivity contribution in [2.75, 3.05) is 0 Å². The van der Waals surface area contributed by atoms with Gasteiger partial charge in [-0.15, -0.1) is 0 Å². The van der Waals surface area contributed by atoms with Crippen LogP contribution < -0.4 is 11.0 Å². The van der Waals surface area contributed by atoms with Gasteiger partial charge in [0.2, 0.25) is 5.91 Å². The van der Waals surface area contributed by atoms with E-state index < -0.39 is 0 Å². The molecule has 5 nitrogen and oxygen atoms in total. The summed E-state index contributed by atoms with van der Waals surface area (Å²) in [5.74, 6) is -0.0228. The number of para-hydroxylation sites is 2. The number of carbonyl (C=O) groups is 1. The predicted molar refractivity (Wildman–Crippen MR) is 104 cm³/mol. The molecule has 3 rings (SSSR count). The first-order valence-corrected chi connectivity index (χ1v) is 9.04. The lowest BCUT2D eigenvalue weighted by Gasteiger charge is -2.14. The summed E-state index contributed by atoms with van der Waals surface area (Å²) in [6, 6.07) is 18.0. The molecule has 5 heteroatoms. The van der Waals surface area contributed by atoms with Gasteiger partial charge in [-0.3, -0.25) is 13.9 Å². The van der Waals surface area contributed by atoms with Gasteiger partial charge in [-0.25, -0.2) is 4.79 Å². The summed E-state index contributed by atoms with van der Waals surface area (Å²) in [4.78, 5) is 24.6. The van der Waals surface area contributed by atoms with E-state index in [9.17, 15) is 9.59 Å². The number of rotatable bonds is 7. The third-order valence-corrected chi connectivity index (χ3v) is 4.73. The first-order valence-electron chi connectivity index (χ1n) is 9.04. The largest absolute Gasteiger partial charge is 0.354 e. The van der Waals surface area contributed by atoms with Crippen LogP contribution in [0.25, 0.3) is 11.0 Å². The van der Waals surface area contributed by atoms with Crippen LogP contribution in [0.5, 0.6) is 0 Å². The third-order valence-electron chi connectivity index (χ3n) is 4.73. The van der Waals surface area contributed by atoms with Gasteiger partial charge >= 0.3 is 5.69 Å². The van der Waals surface area contributed by atoms with Crippen LogP contribution in [0.4, 0.5) is 0 Å². The van der Waals surface area contributed by atoms with Crippen molar-refractivity contribution in [3.8, 4) is 0 Å². The molecule has 1 unspecified atom stereocenters. The van der Waals surface area contributed by atoms with Crippen LogP contribution >= 0.6 is 0 Å². The molecular weight excluding hydrogens is 326 g/mol. The second-order valence-electron chi connectivity index (χ2n) is 6.72. The SMILES string of the molecule is CC(CCc1ccccc1)NC(=O)CCn1c(=O)n(C)c2ccccc21. The standard InChI is InChI=1S/C21H25N3O2/c1-16(12-13-17-8-4-3-5-9-17)22-20(25)14-15-24-19-11-7-6-10-18(19)23(2)21(24)26/h3-11,16H,12-15H2,1-2H3,(H,22,25). The molecule has 1 aromatic heterocycles. The van der Waals surface area contributed by atoms with E-state index in [0.29, 0.717) is 13.0 Å². The fourth-order valence-corrected chi connectivity index (χ4v) is 3.24. The number of benzene rings is 2. The van der Waals surface area contributed by atoms with Crippen LogP contribution in [0.2, 0.25) is 0 Å². The molecule has 0 radical (unpaired) electrons. The minimum Gasteiger partial charge on any atom is -0.354 e. The average molecular weight is 351 g/mol. The minimum absolute atomic E-state index is 0.0228. The lowest BCUT2D eigenvalue weighted by molar-refractivity contribution is -0.121. The molecule has 1 atom stereocenters. The Morgan fingerprint density at radius 2 is 1.69 bits per heavy atom. The van der Waals surface area contributed by atoms with E-state index in [2.05, 4.69) is 17.4 Å². The summed E-state index contributed by atoms with van der Waals surface area (Å²) in [6.07, 6.45) is 2.12. The Morgan fingerprint density at radius 1 is 1.04 bits per heavy atom. The first kappa shape index (κ1) is 18.0. The normalized spacial score (nSPS) is 12.2. The molecule has 1 N–H and O–H groups in total. The highest BCUT2D eigenvalue weighted by Gasteiger charge is 2.12. The minimum atomic E-state index is -0.0869. The number of nitrogens with one attached hydrogen (secondary N) is 1. The van der Waals surface area contributed by atoms with Crippen LogP contribution in [0.3, 0.4) is 0 Å². The van der Waals surface area contributed by atoms with E-state index in [1.807, 2.05) is 49.4 Å². The quantitative estimate of drug-likeness (QED) is 0.712. The van der Waals surface area contributed by atoms with Crippen molar-refractivity contribution in [3.05, 3.63) is 70.6 Å². The number of hydrogen-bond donors (Lipinski definition) is 1. The maximum absolute atomic E-state index is 12.4. The second kappa shape index (κ2) is 8.04. The zero-order chi connectivity index (χ0) is 18.5. The zero-order valence-electron chi connectivity index (χ0n) is 15.3. The molecule has 0 saturated heterocycles. The lowest BCUT2D eigenvalue weighted by Crippen LogP contribution is -2.34. The summed E-state index contributed by atoms with van der Waals surface area (Å²) in [5.41, 5.74) is 2.94. The van der Waals surface area contributed by atoms with Gasteiger partial charge in [0.25, 0.3) is 0 Å². The third kappa shape index (κ3) is 4.04. The van der Waals surface area contributed by atoms with Crippen molar-refractivity contribution in [1.82, 2.24) is 14.5 Å². The number of nitrogens with zero attached hydrogens (tertiary/aromatic N) is 2. The van der Waals surface area contributed by atoms with Gasteiger partial charge in [0, 0.05) is 26.1 Å². The van der Waals surface area contributed by atoms with E-state index in [-0.39, 0.29) is 17.6 Å². The van der Waals surface area contributed by atoms with Gasteiger partial charge in [0.15, 0.2) is 0 Å². The maximum atomic E-state index is 12.4. The number of imidazole rings is 1. The Labute approximate surface area is 153 Å². The van der Waals surface area contributed by atoms with Gasteiger partial charge in [-0.05, 0) is 37.5 Å². The smallest absolute Gasteiger partial charge is 0.328 e. The van der Waals surface area contributed by atoms with Crippen LogP contribution in [-0.2, 0) is 24.8 Å². The highest BCUT2D eigenvalue weighted by Crippen LogP contribution is 2.12. The highest BCUT2D eigenvalue weighted by molar-refractivity contribution is 5.78. The number of amides is 1. The summed E-state index contributed by atoms with van der Waals surface area (Å²) in [7, 11) is 1.76. The number of hydrogen-bond acceptors (Lipinski definition) is 2. The number of fused-ring (bicyclic) bond motifs is 1. The predicted octanol–water partition coefficient (Wildman–Crippen LogP) is 2.87. The molecule has 1 amide bonds. The molecule has 26 heavy (non-hydrogen) atoms. The van der Waals surface area contributed by atoms with E-state index in [0.717, 1.165) is 23.9 Å². The van der Waals surface area contributed by atoms with E-state index >= 15 is 0 Å². The van der Waals surface area contributed by atoms with Crippen molar-refractivity contribution < 1.29 is 4.79 Å². The molecular formula is C21H25N3O2. The number of aromatic nitrogens is 2. The fourth-order valence-electron chi connectivity index (χ4n) is 3.24. The topological polar surface area (TPSA) is 56.0 Å². The maximum Gasteiger partial charge on any atom is 0.328 e. The second-order valence-corrected chi connectivity index (χ2v) is 6.72.